The van der Waals surface area contributed by atoms with E-state index in [0.29, 0.717) is 12.1 Å². The molecule has 0 aromatic rings. The van der Waals surface area contributed by atoms with E-state index in [0.717, 1.165) is 26.2 Å². The predicted octanol–water partition coefficient (Wildman–Crippen LogP) is 0.793. The molecule has 1 aliphatic rings. The van der Waals surface area contributed by atoms with E-state index in [1.54, 1.807) is 7.11 Å². The lowest BCUT2D eigenvalue weighted by molar-refractivity contribution is -0.133. The first-order valence-corrected chi connectivity index (χ1v) is 6.22. The van der Waals surface area contributed by atoms with Gasteiger partial charge in [-0.1, -0.05) is 0 Å². The van der Waals surface area contributed by atoms with Crippen molar-refractivity contribution < 1.29 is 9.53 Å². The Morgan fingerprint density at radius 1 is 1.38 bits per heavy atom. The Bertz CT molecular complexity index is 226. The van der Waals surface area contributed by atoms with E-state index in [4.69, 9.17) is 16.3 Å². The van der Waals surface area contributed by atoms with Gasteiger partial charge in [0.15, 0.2) is 0 Å². The quantitative estimate of drug-likeness (QED) is 0.690. The van der Waals surface area contributed by atoms with Gasteiger partial charge < -0.3 is 9.64 Å². The van der Waals surface area contributed by atoms with Crippen molar-refractivity contribution in [1.82, 2.24) is 9.80 Å². The second-order valence-corrected chi connectivity index (χ2v) is 4.63. The molecule has 2 atom stereocenters. The molecular weight excluding hydrogens is 228 g/mol. The maximum Gasteiger partial charge on any atom is 0.237 e. The van der Waals surface area contributed by atoms with E-state index in [1.165, 1.54) is 0 Å². The Balaban J connectivity index is 2.53. The maximum absolute atomic E-state index is 11.5. The number of methoxy groups -OCH3 is 1. The van der Waals surface area contributed by atoms with Crippen LogP contribution in [0.25, 0.3) is 0 Å². The van der Waals surface area contributed by atoms with Crippen LogP contribution in [0.2, 0.25) is 0 Å². The van der Waals surface area contributed by atoms with E-state index >= 15 is 0 Å². The molecule has 0 radical (unpaired) electrons. The van der Waals surface area contributed by atoms with Crippen LogP contribution >= 0.6 is 11.6 Å². The fourth-order valence-corrected chi connectivity index (χ4v) is 2.45. The lowest BCUT2D eigenvalue weighted by atomic mass is 10.1. The summed E-state index contributed by atoms with van der Waals surface area (Å²) in [5.74, 6) is 0.115. The molecule has 0 aromatic carbocycles. The Labute approximate surface area is 102 Å². The lowest BCUT2D eigenvalue weighted by Gasteiger charge is -2.44. The van der Waals surface area contributed by atoms with Crippen LogP contribution in [0.1, 0.15) is 13.8 Å². The van der Waals surface area contributed by atoms with E-state index in [-0.39, 0.29) is 11.8 Å². The van der Waals surface area contributed by atoms with Crippen LogP contribution in [0, 0.1) is 0 Å². The minimum Gasteiger partial charge on any atom is -0.383 e. The molecule has 0 aliphatic carbocycles. The fraction of sp³-hybridized carbons (Fsp3) is 0.909. The molecule has 16 heavy (non-hydrogen) atoms. The number of hydrogen-bond acceptors (Lipinski definition) is 3. The van der Waals surface area contributed by atoms with Crippen molar-refractivity contribution in [2.24, 2.45) is 0 Å². The Hall–Kier alpha value is -0.320. The highest BCUT2D eigenvalue weighted by molar-refractivity contribution is 6.27. The first kappa shape index (κ1) is 13.7. The Morgan fingerprint density at radius 3 is 2.38 bits per heavy atom. The summed E-state index contributed by atoms with van der Waals surface area (Å²) in [6.45, 7) is 7.46. The predicted molar refractivity (Wildman–Crippen MR) is 64.8 cm³/mol. The highest BCUT2D eigenvalue weighted by Gasteiger charge is 2.30. The normalized spacial score (nSPS) is 27.1. The van der Waals surface area contributed by atoms with Gasteiger partial charge in [0.1, 0.15) is 5.88 Å². The van der Waals surface area contributed by atoms with E-state index in [9.17, 15) is 4.79 Å². The minimum absolute atomic E-state index is 0.0340. The van der Waals surface area contributed by atoms with Crippen molar-refractivity contribution in [2.45, 2.75) is 25.9 Å². The van der Waals surface area contributed by atoms with Gasteiger partial charge in [0.2, 0.25) is 5.91 Å². The molecule has 0 bridgehead atoms. The molecule has 0 saturated carbocycles. The second kappa shape index (κ2) is 6.42. The topological polar surface area (TPSA) is 32.8 Å². The smallest absolute Gasteiger partial charge is 0.237 e. The summed E-state index contributed by atoms with van der Waals surface area (Å²) in [5.41, 5.74) is 0. The van der Waals surface area contributed by atoms with Gasteiger partial charge in [-0.2, -0.15) is 0 Å². The molecule has 1 fully saturated rings. The maximum atomic E-state index is 11.5. The van der Waals surface area contributed by atoms with Gasteiger partial charge in [-0.3, -0.25) is 9.69 Å². The number of amides is 1. The van der Waals surface area contributed by atoms with Gasteiger partial charge in [-0.15, -0.1) is 11.6 Å². The van der Waals surface area contributed by atoms with Gasteiger partial charge in [-0.25, -0.2) is 0 Å². The zero-order valence-corrected chi connectivity index (χ0v) is 11.0. The second-order valence-electron chi connectivity index (χ2n) is 4.36. The molecule has 1 heterocycles. The molecule has 1 amide bonds. The van der Waals surface area contributed by atoms with E-state index in [1.807, 2.05) is 4.90 Å². The monoisotopic (exact) mass is 248 g/mol. The number of hydrogen-bond donors (Lipinski definition) is 0. The molecule has 1 saturated heterocycles. The summed E-state index contributed by atoms with van der Waals surface area (Å²) in [7, 11) is 1.71. The molecule has 0 N–H and O–H groups in total. The number of halogens is 1. The molecule has 0 spiro atoms. The summed E-state index contributed by atoms with van der Waals surface area (Å²) < 4.78 is 5.09. The third-order valence-electron chi connectivity index (χ3n) is 3.12. The SMILES string of the molecule is COCCN1[C@H](C)CN(C(=O)CCl)C[C@@H]1C. The van der Waals surface area contributed by atoms with Gasteiger partial charge in [0, 0.05) is 38.8 Å². The van der Waals surface area contributed by atoms with Crippen molar-refractivity contribution in [2.75, 3.05) is 39.2 Å². The molecular formula is C11H21ClN2O2. The highest BCUT2D eigenvalue weighted by Crippen LogP contribution is 2.15. The van der Waals surface area contributed by atoms with Crippen LogP contribution < -0.4 is 0 Å². The third kappa shape index (κ3) is 3.34. The first-order chi connectivity index (χ1) is 7.60. The lowest BCUT2D eigenvalue weighted by Crippen LogP contribution is -2.58. The summed E-state index contributed by atoms with van der Waals surface area (Å²) >= 11 is 5.58. The van der Waals surface area contributed by atoms with Gasteiger partial charge in [-0.05, 0) is 13.8 Å². The summed E-state index contributed by atoms with van der Waals surface area (Å²) in [5, 5.41) is 0. The summed E-state index contributed by atoms with van der Waals surface area (Å²) in [6, 6.07) is 0.733. The standard InChI is InChI=1S/C11H21ClN2O2/c1-9-7-13(11(15)6-12)8-10(2)14(9)4-5-16-3/h9-10H,4-8H2,1-3H3/t9-,10+. The van der Waals surface area contributed by atoms with E-state index in [2.05, 4.69) is 18.7 Å². The zero-order valence-electron chi connectivity index (χ0n) is 10.3. The summed E-state index contributed by atoms with van der Waals surface area (Å²) in [4.78, 5) is 15.8. The van der Waals surface area contributed by atoms with Crippen LogP contribution in [0.4, 0.5) is 0 Å². The average molecular weight is 249 g/mol. The summed E-state index contributed by atoms with van der Waals surface area (Å²) in [6.07, 6.45) is 0. The molecule has 1 rings (SSSR count). The molecule has 1 aliphatic heterocycles. The minimum atomic E-state index is 0.0340. The number of rotatable bonds is 4. The van der Waals surface area contributed by atoms with Crippen molar-refractivity contribution in [3.05, 3.63) is 0 Å². The number of carbonyl (C=O) groups excluding carboxylic acids is 1. The van der Waals surface area contributed by atoms with Crippen molar-refractivity contribution in [1.29, 1.82) is 0 Å². The van der Waals surface area contributed by atoms with Crippen LogP contribution in [0.3, 0.4) is 0 Å². The van der Waals surface area contributed by atoms with Gasteiger partial charge >= 0.3 is 0 Å². The van der Waals surface area contributed by atoms with E-state index < -0.39 is 0 Å². The van der Waals surface area contributed by atoms with Crippen LogP contribution in [-0.4, -0.2) is 67.0 Å². The Morgan fingerprint density at radius 2 is 1.94 bits per heavy atom. The van der Waals surface area contributed by atoms with Crippen molar-refractivity contribution in [3.63, 3.8) is 0 Å². The van der Waals surface area contributed by atoms with Crippen molar-refractivity contribution >= 4 is 17.5 Å². The highest BCUT2D eigenvalue weighted by atomic mass is 35.5. The molecule has 94 valence electrons. The third-order valence-corrected chi connectivity index (χ3v) is 3.35. The van der Waals surface area contributed by atoms with Crippen LogP contribution in [0.5, 0.6) is 0 Å². The van der Waals surface area contributed by atoms with Crippen LogP contribution in [0.15, 0.2) is 0 Å². The number of ether oxygens (including phenoxy) is 1. The fourth-order valence-electron chi connectivity index (χ4n) is 2.28. The average Bonchev–Trinajstić information content (AvgIpc) is 2.26. The molecule has 5 heteroatoms. The molecule has 0 unspecified atom stereocenters. The largest absolute Gasteiger partial charge is 0.383 e. The number of nitrogens with zero attached hydrogens (tertiary/aromatic N) is 2. The molecule has 0 aromatic heterocycles. The van der Waals surface area contributed by atoms with Gasteiger partial charge in [0.25, 0.3) is 0 Å². The van der Waals surface area contributed by atoms with Crippen molar-refractivity contribution in [3.8, 4) is 0 Å². The van der Waals surface area contributed by atoms with Crippen LogP contribution in [-0.2, 0) is 9.53 Å². The molecule has 4 nitrogen and oxygen atoms in total. The number of carbonyl (C=O) groups is 1. The number of piperazine rings is 1. The first-order valence-electron chi connectivity index (χ1n) is 5.68. The van der Waals surface area contributed by atoms with Gasteiger partial charge in [0.05, 0.1) is 6.61 Å². The Kier molecular flexibility index (Phi) is 5.52. The zero-order chi connectivity index (χ0) is 12.1. The number of alkyl halides is 1.